The molecule has 0 aliphatic carbocycles. The van der Waals surface area contributed by atoms with Crippen LogP contribution in [0.3, 0.4) is 0 Å². The fourth-order valence-corrected chi connectivity index (χ4v) is 3.41. The number of ether oxygens (including phenoxy) is 3. The minimum absolute atomic E-state index is 0.0242. The van der Waals surface area contributed by atoms with Crippen molar-refractivity contribution in [3.63, 3.8) is 0 Å². The highest BCUT2D eigenvalue weighted by molar-refractivity contribution is 6.07. The molecule has 3 aromatic rings. The highest BCUT2D eigenvalue weighted by Gasteiger charge is 2.20. The standard InChI is InChI=1S/C27H27N3O7/c1-4-36-25(32)16-6-10-18(11-7-16)29-22-14-20(24(28)31)21(27(34)35-3)15-23(22)30-19-12-8-17(9-13-19)26(33)37-5-2/h6-15,29-30H,4-5H2,1-3H3,(H2,28,31). The van der Waals surface area contributed by atoms with Gasteiger partial charge in [0, 0.05) is 11.4 Å². The van der Waals surface area contributed by atoms with Gasteiger partial charge in [-0.1, -0.05) is 0 Å². The quantitative estimate of drug-likeness (QED) is 0.269. The molecule has 0 fully saturated rings. The molecule has 0 atom stereocenters. The van der Waals surface area contributed by atoms with Crippen molar-refractivity contribution >= 4 is 46.6 Å². The third-order valence-corrected chi connectivity index (χ3v) is 5.18. The summed E-state index contributed by atoms with van der Waals surface area (Å²) in [6, 6.07) is 15.9. The number of benzene rings is 3. The van der Waals surface area contributed by atoms with Crippen LogP contribution >= 0.6 is 0 Å². The molecule has 0 aliphatic rings. The molecule has 0 aliphatic heterocycles. The second kappa shape index (κ2) is 12.2. The Labute approximate surface area is 213 Å². The molecule has 192 valence electrons. The molecular formula is C27H27N3O7. The van der Waals surface area contributed by atoms with E-state index in [0.29, 0.717) is 33.9 Å². The monoisotopic (exact) mass is 505 g/mol. The second-order valence-electron chi connectivity index (χ2n) is 7.64. The summed E-state index contributed by atoms with van der Waals surface area (Å²) in [6.45, 7) is 3.97. The van der Waals surface area contributed by atoms with Crippen LogP contribution in [0.15, 0.2) is 60.7 Å². The molecule has 0 heterocycles. The largest absolute Gasteiger partial charge is 0.465 e. The third kappa shape index (κ3) is 6.63. The van der Waals surface area contributed by atoms with E-state index < -0.39 is 23.8 Å². The minimum atomic E-state index is -0.813. The Morgan fingerprint density at radius 2 is 1.08 bits per heavy atom. The Hall–Kier alpha value is -4.86. The van der Waals surface area contributed by atoms with Crippen molar-refractivity contribution in [1.29, 1.82) is 0 Å². The Kier molecular flexibility index (Phi) is 8.82. The molecule has 0 saturated heterocycles. The highest BCUT2D eigenvalue weighted by atomic mass is 16.5. The van der Waals surface area contributed by atoms with Crippen molar-refractivity contribution in [2.45, 2.75) is 13.8 Å². The molecule has 3 rings (SSSR count). The number of primary amides is 1. The molecule has 0 spiro atoms. The second-order valence-corrected chi connectivity index (χ2v) is 7.64. The number of amides is 1. The van der Waals surface area contributed by atoms with Crippen molar-refractivity contribution in [3.8, 4) is 0 Å². The topological polar surface area (TPSA) is 146 Å². The number of hydrogen-bond donors (Lipinski definition) is 3. The Bertz CT molecular complexity index is 1300. The number of esters is 3. The van der Waals surface area contributed by atoms with E-state index in [1.54, 1.807) is 62.4 Å². The van der Waals surface area contributed by atoms with Crippen molar-refractivity contribution in [2.24, 2.45) is 5.73 Å². The lowest BCUT2D eigenvalue weighted by atomic mass is 10.0. The van der Waals surface area contributed by atoms with Gasteiger partial charge in [0.2, 0.25) is 5.91 Å². The number of nitrogens with one attached hydrogen (secondary N) is 2. The zero-order valence-electron chi connectivity index (χ0n) is 20.6. The zero-order valence-corrected chi connectivity index (χ0v) is 20.6. The van der Waals surface area contributed by atoms with Crippen LogP contribution in [0.4, 0.5) is 22.7 Å². The zero-order chi connectivity index (χ0) is 26.9. The van der Waals surface area contributed by atoms with Crippen molar-refractivity contribution in [3.05, 3.63) is 82.9 Å². The van der Waals surface area contributed by atoms with E-state index in [-0.39, 0.29) is 24.3 Å². The lowest BCUT2D eigenvalue weighted by Crippen LogP contribution is -2.18. The first-order chi connectivity index (χ1) is 17.8. The van der Waals surface area contributed by atoms with Gasteiger partial charge in [-0.3, -0.25) is 4.79 Å². The normalized spacial score (nSPS) is 10.2. The molecular weight excluding hydrogens is 478 g/mol. The van der Waals surface area contributed by atoms with Gasteiger partial charge < -0.3 is 30.6 Å². The molecule has 1 amide bonds. The van der Waals surface area contributed by atoms with Crippen LogP contribution in [0.1, 0.15) is 55.3 Å². The fraction of sp³-hybridized carbons (Fsp3) is 0.185. The summed E-state index contributed by atoms with van der Waals surface area (Å²) in [4.78, 5) is 48.4. The third-order valence-electron chi connectivity index (χ3n) is 5.18. The maximum Gasteiger partial charge on any atom is 0.338 e. The van der Waals surface area contributed by atoms with Gasteiger partial charge in [0.05, 0.1) is 54.0 Å². The van der Waals surface area contributed by atoms with Crippen LogP contribution in [0.25, 0.3) is 0 Å². The maximum atomic E-state index is 12.4. The van der Waals surface area contributed by atoms with Gasteiger partial charge >= 0.3 is 17.9 Å². The first-order valence-electron chi connectivity index (χ1n) is 11.4. The Morgan fingerprint density at radius 3 is 1.43 bits per heavy atom. The van der Waals surface area contributed by atoms with Crippen LogP contribution in [-0.2, 0) is 14.2 Å². The summed E-state index contributed by atoms with van der Waals surface area (Å²) in [7, 11) is 1.20. The van der Waals surface area contributed by atoms with Gasteiger partial charge in [0.1, 0.15) is 0 Å². The highest BCUT2D eigenvalue weighted by Crippen LogP contribution is 2.32. The summed E-state index contributed by atoms with van der Waals surface area (Å²) in [5, 5.41) is 6.34. The van der Waals surface area contributed by atoms with Gasteiger partial charge in [-0.15, -0.1) is 0 Å². The average Bonchev–Trinajstić information content (AvgIpc) is 2.90. The molecule has 10 nitrogen and oxygen atoms in total. The van der Waals surface area contributed by atoms with E-state index in [1.165, 1.54) is 19.2 Å². The van der Waals surface area contributed by atoms with Gasteiger partial charge in [0.15, 0.2) is 0 Å². The van der Waals surface area contributed by atoms with E-state index >= 15 is 0 Å². The van der Waals surface area contributed by atoms with Crippen molar-refractivity contribution < 1.29 is 33.4 Å². The van der Waals surface area contributed by atoms with E-state index in [4.69, 9.17) is 19.9 Å². The summed E-state index contributed by atoms with van der Waals surface area (Å²) >= 11 is 0. The summed E-state index contributed by atoms with van der Waals surface area (Å²) < 4.78 is 14.8. The Balaban J connectivity index is 1.99. The Morgan fingerprint density at radius 1 is 0.676 bits per heavy atom. The summed E-state index contributed by atoms with van der Waals surface area (Å²) in [5.74, 6) is -2.44. The maximum absolute atomic E-state index is 12.4. The molecule has 10 heteroatoms. The summed E-state index contributed by atoms with van der Waals surface area (Å²) in [6.07, 6.45) is 0. The molecule has 4 N–H and O–H groups in total. The number of nitrogens with two attached hydrogens (primary N) is 1. The number of methoxy groups -OCH3 is 1. The van der Waals surface area contributed by atoms with Crippen LogP contribution < -0.4 is 16.4 Å². The smallest absolute Gasteiger partial charge is 0.338 e. The lowest BCUT2D eigenvalue weighted by molar-refractivity contribution is 0.0517. The van der Waals surface area contributed by atoms with E-state index in [0.717, 1.165) is 0 Å². The van der Waals surface area contributed by atoms with Gasteiger partial charge in [-0.05, 0) is 74.5 Å². The first kappa shape index (κ1) is 26.7. The number of carbonyl (C=O) groups excluding carboxylic acids is 4. The number of anilines is 4. The number of carbonyl (C=O) groups is 4. The molecule has 0 radical (unpaired) electrons. The SMILES string of the molecule is CCOC(=O)c1ccc(Nc2cc(C(N)=O)c(C(=O)OC)cc2Nc2ccc(C(=O)OCC)cc2)cc1. The predicted octanol–water partition coefficient (Wildman–Crippen LogP) is 4.41. The summed E-state index contributed by atoms with van der Waals surface area (Å²) in [5.41, 5.74) is 8.25. The fourth-order valence-electron chi connectivity index (χ4n) is 3.41. The molecule has 0 bridgehead atoms. The van der Waals surface area contributed by atoms with E-state index in [1.807, 2.05) is 0 Å². The van der Waals surface area contributed by atoms with Crippen molar-refractivity contribution in [2.75, 3.05) is 31.0 Å². The molecule has 37 heavy (non-hydrogen) atoms. The van der Waals surface area contributed by atoms with Crippen molar-refractivity contribution in [1.82, 2.24) is 0 Å². The van der Waals surface area contributed by atoms with Crippen LogP contribution in [-0.4, -0.2) is 44.1 Å². The van der Waals surface area contributed by atoms with Crippen LogP contribution in [0.5, 0.6) is 0 Å². The number of hydrogen-bond acceptors (Lipinski definition) is 9. The van der Waals surface area contributed by atoms with Gasteiger partial charge in [-0.25, -0.2) is 14.4 Å². The molecule has 0 saturated carbocycles. The van der Waals surface area contributed by atoms with E-state index in [9.17, 15) is 19.2 Å². The molecule has 0 unspecified atom stereocenters. The minimum Gasteiger partial charge on any atom is -0.465 e. The van der Waals surface area contributed by atoms with Gasteiger partial charge in [0.25, 0.3) is 0 Å². The lowest BCUT2D eigenvalue weighted by Gasteiger charge is -2.18. The van der Waals surface area contributed by atoms with Gasteiger partial charge in [-0.2, -0.15) is 0 Å². The van der Waals surface area contributed by atoms with E-state index in [2.05, 4.69) is 10.6 Å². The molecule has 3 aromatic carbocycles. The average molecular weight is 506 g/mol. The first-order valence-corrected chi connectivity index (χ1v) is 11.4. The van der Waals surface area contributed by atoms with Crippen LogP contribution in [0, 0.1) is 0 Å². The molecule has 0 aromatic heterocycles. The number of rotatable bonds is 10. The predicted molar refractivity (Wildman–Crippen MR) is 138 cm³/mol. The van der Waals surface area contributed by atoms with Crippen LogP contribution in [0.2, 0.25) is 0 Å².